The number of benzene rings is 2. The summed E-state index contributed by atoms with van der Waals surface area (Å²) in [6, 6.07) is 11.3. The molecule has 0 aromatic heterocycles. The molecule has 1 amide bonds. The Morgan fingerprint density at radius 1 is 1.26 bits per heavy atom. The number of fused-ring (bicyclic) bond motifs is 1. The lowest BCUT2D eigenvalue weighted by Crippen LogP contribution is -2.50. The van der Waals surface area contributed by atoms with Crippen molar-refractivity contribution in [2.45, 2.75) is 51.8 Å². The quantitative estimate of drug-likeness (QED) is 0.733. The molecule has 3 rings (SSSR count). The van der Waals surface area contributed by atoms with Crippen molar-refractivity contribution in [3.05, 3.63) is 53.6 Å². The van der Waals surface area contributed by atoms with E-state index in [0.717, 1.165) is 27.4 Å². The van der Waals surface area contributed by atoms with E-state index >= 15 is 0 Å². The summed E-state index contributed by atoms with van der Waals surface area (Å²) in [6.45, 7) is 7.50. The summed E-state index contributed by atoms with van der Waals surface area (Å²) in [5.74, 6) is 0.852. The summed E-state index contributed by atoms with van der Waals surface area (Å²) >= 11 is 0. The molecule has 0 spiro atoms. The second kappa shape index (κ2) is 8.42. The first-order valence-electron chi connectivity index (χ1n) is 10.1. The molecule has 8 heteroatoms. The fraction of sp³-hybridized carbons (Fsp3) is 0.435. The van der Waals surface area contributed by atoms with Gasteiger partial charge in [0, 0.05) is 18.1 Å². The lowest BCUT2D eigenvalue weighted by molar-refractivity contribution is -0.123. The monoisotopic (exact) mass is 446 g/mol. The van der Waals surface area contributed by atoms with Crippen LogP contribution in [0.3, 0.4) is 0 Å². The van der Waals surface area contributed by atoms with E-state index in [-0.39, 0.29) is 11.9 Å². The molecule has 0 saturated carbocycles. The van der Waals surface area contributed by atoms with Crippen LogP contribution in [-0.2, 0) is 14.8 Å². The lowest BCUT2D eigenvalue weighted by atomic mass is 9.89. The van der Waals surface area contributed by atoms with Crippen LogP contribution in [0.4, 0.5) is 5.69 Å². The van der Waals surface area contributed by atoms with Gasteiger partial charge in [-0.2, -0.15) is 0 Å². The van der Waals surface area contributed by atoms with Crippen molar-refractivity contribution in [3.8, 4) is 11.5 Å². The van der Waals surface area contributed by atoms with Crippen LogP contribution >= 0.6 is 0 Å². The second-order valence-electron chi connectivity index (χ2n) is 8.60. The smallest absolute Gasteiger partial charge is 0.244 e. The molecule has 1 aliphatic rings. The fourth-order valence-electron chi connectivity index (χ4n) is 3.95. The third kappa shape index (κ3) is 5.12. The zero-order valence-electron chi connectivity index (χ0n) is 18.8. The summed E-state index contributed by atoms with van der Waals surface area (Å²) in [5.41, 5.74) is 1.86. The van der Waals surface area contributed by atoms with E-state index in [1.165, 1.54) is 7.11 Å². The van der Waals surface area contributed by atoms with Crippen molar-refractivity contribution in [1.29, 1.82) is 0 Å². The first-order chi connectivity index (χ1) is 14.4. The van der Waals surface area contributed by atoms with Crippen molar-refractivity contribution in [3.63, 3.8) is 0 Å². The molecule has 0 fully saturated rings. The molecule has 0 aliphatic carbocycles. The Morgan fingerprint density at radius 2 is 1.97 bits per heavy atom. The summed E-state index contributed by atoms with van der Waals surface area (Å²) in [6.07, 6.45) is 1.66. The van der Waals surface area contributed by atoms with Crippen LogP contribution in [0.5, 0.6) is 11.5 Å². The molecular formula is C23H30N2O5S. The number of rotatable bonds is 6. The number of anilines is 1. The Morgan fingerprint density at radius 3 is 2.61 bits per heavy atom. The van der Waals surface area contributed by atoms with E-state index in [4.69, 9.17) is 9.47 Å². The van der Waals surface area contributed by atoms with Crippen LogP contribution in [-0.4, -0.2) is 39.3 Å². The lowest BCUT2D eigenvalue weighted by Gasteiger charge is -2.39. The average molecular weight is 447 g/mol. The zero-order valence-corrected chi connectivity index (χ0v) is 19.6. The van der Waals surface area contributed by atoms with E-state index in [0.29, 0.717) is 17.9 Å². The van der Waals surface area contributed by atoms with Crippen molar-refractivity contribution >= 4 is 21.6 Å². The molecule has 2 aromatic carbocycles. The van der Waals surface area contributed by atoms with Gasteiger partial charge in [0.1, 0.15) is 23.1 Å². The first-order valence-corrected chi connectivity index (χ1v) is 12.0. The third-order valence-corrected chi connectivity index (χ3v) is 6.58. The Kier molecular flexibility index (Phi) is 6.23. The number of methoxy groups -OCH3 is 1. The maximum Gasteiger partial charge on any atom is 0.244 e. The fourth-order valence-corrected chi connectivity index (χ4v) is 5.12. The maximum absolute atomic E-state index is 13.2. The highest BCUT2D eigenvalue weighted by atomic mass is 32.2. The van der Waals surface area contributed by atoms with E-state index < -0.39 is 21.7 Å². The minimum Gasteiger partial charge on any atom is -0.497 e. The first kappa shape index (κ1) is 22.9. The van der Waals surface area contributed by atoms with Gasteiger partial charge in [0.15, 0.2) is 0 Å². The van der Waals surface area contributed by atoms with E-state index in [1.54, 1.807) is 31.2 Å². The van der Waals surface area contributed by atoms with Crippen molar-refractivity contribution in [2.24, 2.45) is 0 Å². The number of nitrogens with zero attached hydrogens (tertiary/aromatic N) is 1. The molecule has 7 nitrogen and oxygen atoms in total. The highest BCUT2D eigenvalue weighted by Crippen LogP contribution is 2.40. The van der Waals surface area contributed by atoms with Crippen LogP contribution in [0, 0.1) is 6.92 Å². The van der Waals surface area contributed by atoms with Crippen LogP contribution in [0.25, 0.3) is 0 Å². The van der Waals surface area contributed by atoms with Gasteiger partial charge in [0.25, 0.3) is 0 Å². The topological polar surface area (TPSA) is 84.9 Å². The largest absolute Gasteiger partial charge is 0.497 e. The minimum atomic E-state index is -3.73. The standard InChI is InChI=1S/C23H30N2O5S/c1-15-10-11-21-19(12-15)20(14-23(3,4)30-21)24-22(26)16(2)25(31(6,27)28)17-8-7-9-18(13-17)29-5/h7-13,16,20H,14H2,1-6H3,(H,24,26)/t16-,20-/m0/s1. The van der Waals surface area contributed by atoms with E-state index in [1.807, 2.05) is 39.0 Å². The zero-order chi connectivity index (χ0) is 23.0. The Bertz CT molecular complexity index is 1080. The molecule has 0 bridgehead atoms. The van der Waals surface area contributed by atoms with Gasteiger partial charge in [-0.3, -0.25) is 9.10 Å². The number of aryl methyl sites for hydroxylation is 1. The summed E-state index contributed by atoms with van der Waals surface area (Å²) in [5, 5.41) is 3.05. The molecule has 1 N–H and O–H groups in total. The normalized spacial score (nSPS) is 18.3. The molecule has 2 aromatic rings. The minimum absolute atomic E-state index is 0.291. The van der Waals surface area contributed by atoms with Crippen LogP contribution in [0.15, 0.2) is 42.5 Å². The second-order valence-corrected chi connectivity index (χ2v) is 10.5. The van der Waals surface area contributed by atoms with Crippen molar-refractivity contribution in [2.75, 3.05) is 17.7 Å². The predicted molar refractivity (Wildman–Crippen MR) is 121 cm³/mol. The van der Waals surface area contributed by atoms with Crippen LogP contribution in [0.2, 0.25) is 0 Å². The summed E-state index contributed by atoms with van der Waals surface area (Å²) in [4.78, 5) is 13.2. The number of sulfonamides is 1. The molecule has 1 heterocycles. The summed E-state index contributed by atoms with van der Waals surface area (Å²) in [7, 11) is -2.22. The van der Waals surface area contributed by atoms with Crippen molar-refractivity contribution < 1.29 is 22.7 Å². The highest BCUT2D eigenvalue weighted by Gasteiger charge is 2.37. The summed E-state index contributed by atoms with van der Waals surface area (Å²) < 4.78 is 37.6. The van der Waals surface area contributed by atoms with Crippen LogP contribution in [0.1, 0.15) is 44.4 Å². The Balaban J connectivity index is 1.92. The number of hydrogen-bond acceptors (Lipinski definition) is 5. The number of hydrogen-bond donors (Lipinski definition) is 1. The van der Waals surface area contributed by atoms with E-state index in [2.05, 4.69) is 5.32 Å². The van der Waals surface area contributed by atoms with Gasteiger partial charge in [0.05, 0.1) is 25.1 Å². The van der Waals surface area contributed by atoms with Gasteiger partial charge in [-0.25, -0.2) is 8.42 Å². The number of ether oxygens (including phenoxy) is 2. The molecule has 0 saturated heterocycles. The SMILES string of the molecule is COc1cccc(N([C@@H](C)C(=O)N[C@H]2CC(C)(C)Oc3ccc(C)cc32)S(C)(=O)=O)c1. The van der Waals surface area contributed by atoms with Gasteiger partial charge in [-0.1, -0.05) is 23.8 Å². The van der Waals surface area contributed by atoms with Gasteiger partial charge < -0.3 is 14.8 Å². The molecule has 0 unspecified atom stereocenters. The number of carbonyl (C=O) groups is 1. The molecule has 0 radical (unpaired) electrons. The molecule has 31 heavy (non-hydrogen) atoms. The van der Waals surface area contributed by atoms with Crippen molar-refractivity contribution in [1.82, 2.24) is 5.32 Å². The Hall–Kier alpha value is -2.74. The number of carbonyl (C=O) groups excluding carboxylic acids is 1. The Labute approximate surface area is 184 Å². The number of nitrogens with one attached hydrogen (secondary N) is 1. The van der Waals surface area contributed by atoms with Gasteiger partial charge in [-0.15, -0.1) is 0 Å². The highest BCUT2D eigenvalue weighted by molar-refractivity contribution is 7.92. The van der Waals surface area contributed by atoms with Crippen LogP contribution < -0.4 is 19.1 Å². The van der Waals surface area contributed by atoms with Gasteiger partial charge in [-0.05, 0) is 45.9 Å². The average Bonchev–Trinajstić information content (AvgIpc) is 2.67. The number of amides is 1. The molecule has 1 aliphatic heterocycles. The van der Waals surface area contributed by atoms with Gasteiger partial charge >= 0.3 is 0 Å². The van der Waals surface area contributed by atoms with Gasteiger partial charge in [0.2, 0.25) is 15.9 Å². The maximum atomic E-state index is 13.2. The molecule has 168 valence electrons. The van der Waals surface area contributed by atoms with E-state index in [9.17, 15) is 13.2 Å². The predicted octanol–water partition coefficient (Wildman–Crippen LogP) is 3.58. The molecule has 2 atom stereocenters. The third-order valence-electron chi connectivity index (χ3n) is 5.34. The molecular weight excluding hydrogens is 416 g/mol.